The van der Waals surface area contributed by atoms with Gasteiger partial charge in [0, 0.05) is 5.69 Å². The van der Waals surface area contributed by atoms with Gasteiger partial charge in [-0.3, -0.25) is 9.52 Å². The number of methoxy groups -OCH3 is 2. The fourth-order valence-electron chi connectivity index (χ4n) is 2.67. The molecule has 31 heavy (non-hydrogen) atoms. The highest BCUT2D eigenvalue weighted by molar-refractivity contribution is 7.92. The van der Waals surface area contributed by atoms with E-state index in [2.05, 4.69) is 10.0 Å². The minimum Gasteiger partial charge on any atom is -0.497 e. The third-order valence-electron chi connectivity index (χ3n) is 4.23. The third kappa shape index (κ3) is 5.89. The Kier molecular flexibility index (Phi) is 6.99. The normalized spacial score (nSPS) is 10.8. The topological polar surface area (TPSA) is 103 Å². The molecule has 0 saturated heterocycles. The summed E-state index contributed by atoms with van der Waals surface area (Å²) in [7, 11) is -0.796. The third-order valence-corrected chi connectivity index (χ3v) is 5.61. The maximum Gasteiger partial charge on any atom is 0.262 e. The predicted octanol–water partition coefficient (Wildman–Crippen LogP) is 3.52. The van der Waals surface area contributed by atoms with Crippen LogP contribution in [0.25, 0.3) is 0 Å². The zero-order valence-electron chi connectivity index (χ0n) is 17.0. The first kappa shape index (κ1) is 22.0. The fourth-order valence-corrected chi connectivity index (χ4v) is 3.74. The fraction of sp³-hybridized carbons (Fsp3) is 0.136. The molecule has 0 aliphatic heterocycles. The van der Waals surface area contributed by atoms with Gasteiger partial charge >= 0.3 is 0 Å². The van der Waals surface area contributed by atoms with E-state index in [4.69, 9.17) is 14.2 Å². The van der Waals surface area contributed by atoms with Gasteiger partial charge in [0.25, 0.3) is 15.9 Å². The Labute approximate surface area is 180 Å². The van der Waals surface area contributed by atoms with Crippen LogP contribution in [-0.2, 0) is 14.8 Å². The van der Waals surface area contributed by atoms with Crippen LogP contribution in [-0.4, -0.2) is 35.2 Å². The van der Waals surface area contributed by atoms with E-state index in [0.717, 1.165) is 0 Å². The smallest absolute Gasteiger partial charge is 0.262 e. The van der Waals surface area contributed by atoms with Gasteiger partial charge < -0.3 is 19.5 Å². The number of sulfonamides is 1. The van der Waals surface area contributed by atoms with Crippen LogP contribution in [0.2, 0.25) is 0 Å². The quantitative estimate of drug-likeness (QED) is 0.526. The molecule has 2 N–H and O–H groups in total. The summed E-state index contributed by atoms with van der Waals surface area (Å²) < 4.78 is 43.4. The summed E-state index contributed by atoms with van der Waals surface area (Å²) in [5, 5.41) is 2.66. The molecule has 0 aliphatic carbocycles. The van der Waals surface area contributed by atoms with Crippen molar-refractivity contribution in [1.29, 1.82) is 0 Å². The second kappa shape index (κ2) is 9.86. The molecule has 0 spiro atoms. The molecular formula is C22H22N2O6S. The maximum absolute atomic E-state index is 12.6. The number of anilines is 2. The summed E-state index contributed by atoms with van der Waals surface area (Å²) in [4.78, 5) is 12.1. The van der Waals surface area contributed by atoms with Crippen LogP contribution >= 0.6 is 0 Å². The zero-order valence-corrected chi connectivity index (χ0v) is 17.8. The maximum atomic E-state index is 12.6. The molecule has 0 heterocycles. The molecule has 9 heteroatoms. The summed E-state index contributed by atoms with van der Waals surface area (Å²) in [6, 6.07) is 19.4. The minimum absolute atomic E-state index is 0.0471. The molecule has 3 aromatic carbocycles. The summed E-state index contributed by atoms with van der Waals surface area (Å²) >= 11 is 0. The Morgan fingerprint density at radius 2 is 1.48 bits per heavy atom. The van der Waals surface area contributed by atoms with Crippen LogP contribution < -0.4 is 24.2 Å². The van der Waals surface area contributed by atoms with Crippen LogP contribution in [0.1, 0.15) is 0 Å². The lowest BCUT2D eigenvalue weighted by molar-refractivity contribution is -0.118. The molecule has 0 unspecified atom stereocenters. The molecule has 0 saturated carbocycles. The Hall–Kier alpha value is -3.72. The van der Waals surface area contributed by atoms with Gasteiger partial charge in [-0.1, -0.05) is 12.1 Å². The Morgan fingerprint density at radius 3 is 2.13 bits per heavy atom. The number of carbonyl (C=O) groups excluding carboxylic acids is 1. The van der Waals surface area contributed by atoms with Crippen molar-refractivity contribution in [1.82, 2.24) is 0 Å². The Morgan fingerprint density at radius 1 is 0.839 bits per heavy atom. The highest BCUT2D eigenvalue weighted by atomic mass is 32.2. The van der Waals surface area contributed by atoms with E-state index >= 15 is 0 Å². The molecule has 162 valence electrons. The summed E-state index contributed by atoms with van der Waals surface area (Å²) in [5.74, 6) is 1.25. The first-order chi connectivity index (χ1) is 14.9. The minimum atomic E-state index is -3.82. The second-order valence-corrected chi connectivity index (χ2v) is 8.02. The highest BCUT2D eigenvalue weighted by Gasteiger charge is 2.16. The van der Waals surface area contributed by atoms with E-state index < -0.39 is 10.0 Å². The van der Waals surface area contributed by atoms with E-state index in [9.17, 15) is 13.2 Å². The number of hydrogen-bond acceptors (Lipinski definition) is 6. The van der Waals surface area contributed by atoms with Gasteiger partial charge in [-0.2, -0.15) is 0 Å². The molecule has 0 atom stereocenters. The molecule has 0 fully saturated rings. The van der Waals surface area contributed by atoms with Crippen molar-refractivity contribution in [3.05, 3.63) is 72.8 Å². The number of benzene rings is 3. The van der Waals surface area contributed by atoms with Crippen LogP contribution in [0.3, 0.4) is 0 Å². The van der Waals surface area contributed by atoms with Crippen molar-refractivity contribution >= 4 is 27.3 Å². The SMILES string of the molecule is COc1ccc(OCC(=O)Nc2ccc(S(=O)(=O)Nc3ccccc3OC)cc2)cc1. The zero-order chi connectivity index (χ0) is 22.3. The Balaban J connectivity index is 1.59. The first-order valence-corrected chi connectivity index (χ1v) is 10.7. The molecule has 3 aromatic rings. The van der Waals surface area contributed by atoms with E-state index in [-0.39, 0.29) is 17.4 Å². The van der Waals surface area contributed by atoms with Crippen LogP contribution in [0, 0.1) is 0 Å². The molecule has 3 rings (SSSR count). The lowest BCUT2D eigenvalue weighted by Crippen LogP contribution is -2.20. The summed E-state index contributed by atoms with van der Waals surface area (Å²) in [6.45, 7) is -0.193. The average Bonchev–Trinajstić information content (AvgIpc) is 2.78. The highest BCUT2D eigenvalue weighted by Crippen LogP contribution is 2.26. The average molecular weight is 442 g/mol. The lowest BCUT2D eigenvalue weighted by Gasteiger charge is -2.12. The number of amides is 1. The van der Waals surface area contributed by atoms with E-state index in [1.165, 1.54) is 31.4 Å². The molecule has 0 radical (unpaired) electrons. The van der Waals surface area contributed by atoms with E-state index in [0.29, 0.717) is 28.6 Å². The number of hydrogen-bond donors (Lipinski definition) is 2. The van der Waals surface area contributed by atoms with Crippen molar-refractivity contribution in [3.8, 4) is 17.2 Å². The number of para-hydroxylation sites is 2. The molecule has 8 nitrogen and oxygen atoms in total. The first-order valence-electron chi connectivity index (χ1n) is 9.24. The van der Waals surface area contributed by atoms with E-state index in [1.807, 2.05) is 0 Å². The van der Waals surface area contributed by atoms with Crippen molar-refractivity contribution in [2.45, 2.75) is 4.90 Å². The van der Waals surface area contributed by atoms with E-state index in [1.54, 1.807) is 55.6 Å². The van der Waals surface area contributed by atoms with Gasteiger partial charge in [-0.25, -0.2) is 8.42 Å². The number of nitrogens with one attached hydrogen (secondary N) is 2. The number of carbonyl (C=O) groups is 1. The van der Waals surface area contributed by atoms with Crippen LogP contribution in [0.15, 0.2) is 77.7 Å². The molecule has 0 aromatic heterocycles. The Bertz CT molecular complexity index is 1130. The second-order valence-electron chi connectivity index (χ2n) is 6.34. The van der Waals surface area contributed by atoms with Crippen LogP contribution in [0.4, 0.5) is 11.4 Å². The lowest BCUT2D eigenvalue weighted by atomic mass is 10.3. The van der Waals surface area contributed by atoms with Gasteiger partial charge in [0.15, 0.2) is 6.61 Å². The molecular weight excluding hydrogens is 420 g/mol. The van der Waals surface area contributed by atoms with Gasteiger partial charge in [0.1, 0.15) is 17.2 Å². The van der Waals surface area contributed by atoms with Gasteiger partial charge in [0.05, 0.1) is 24.8 Å². The van der Waals surface area contributed by atoms with Crippen molar-refractivity contribution in [2.75, 3.05) is 30.9 Å². The van der Waals surface area contributed by atoms with Crippen molar-refractivity contribution < 1.29 is 27.4 Å². The van der Waals surface area contributed by atoms with Crippen LogP contribution in [0.5, 0.6) is 17.2 Å². The standard InChI is InChI=1S/C22H22N2O6S/c1-28-17-9-11-18(12-10-17)30-15-22(25)23-16-7-13-19(14-8-16)31(26,27)24-20-5-3-4-6-21(20)29-2/h3-14,24H,15H2,1-2H3,(H,23,25). The molecule has 1 amide bonds. The number of rotatable bonds is 9. The van der Waals surface area contributed by atoms with Crippen molar-refractivity contribution in [3.63, 3.8) is 0 Å². The monoisotopic (exact) mass is 442 g/mol. The largest absolute Gasteiger partial charge is 0.497 e. The van der Waals surface area contributed by atoms with Crippen molar-refractivity contribution in [2.24, 2.45) is 0 Å². The van der Waals surface area contributed by atoms with Gasteiger partial charge in [-0.05, 0) is 60.7 Å². The molecule has 0 bridgehead atoms. The summed E-state index contributed by atoms with van der Waals surface area (Å²) in [5.41, 5.74) is 0.776. The van der Waals surface area contributed by atoms with Gasteiger partial charge in [-0.15, -0.1) is 0 Å². The number of ether oxygens (including phenoxy) is 3. The summed E-state index contributed by atoms with van der Waals surface area (Å²) in [6.07, 6.45) is 0. The predicted molar refractivity (Wildman–Crippen MR) is 117 cm³/mol. The van der Waals surface area contributed by atoms with Gasteiger partial charge in [0.2, 0.25) is 0 Å². The molecule has 0 aliphatic rings.